The highest BCUT2D eigenvalue weighted by molar-refractivity contribution is 5.80. The number of anilines is 2. The second-order valence-electron chi connectivity index (χ2n) is 5.96. The molecule has 0 saturated heterocycles. The number of rotatable bonds is 10. The Morgan fingerprint density at radius 1 is 0.500 bits per heavy atom. The molecule has 0 aliphatic heterocycles. The van der Waals surface area contributed by atoms with Gasteiger partial charge in [0.1, 0.15) is 26.2 Å². The Hall–Kier alpha value is -4.08. The quantitative estimate of drug-likeness (QED) is 0.444. The van der Waals surface area contributed by atoms with E-state index >= 15 is 0 Å². The molecule has 2 rings (SSSR count). The number of hydrogen-bond donors (Lipinski definition) is 4. The highest BCUT2D eigenvalue weighted by atomic mass is 16.4. The Morgan fingerprint density at radius 3 is 0.933 bits per heavy atom. The van der Waals surface area contributed by atoms with Crippen LogP contribution in [0.1, 0.15) is 0 Å². The summed E-state index contributed by atoms with van der Waals surface area (Å²) in [7, 11) is 0. The average Bonchev–Trinajstić information content (AvgIpc) is 2.67. The molecule has 0 saturated carbocycles. The molecule has 0 aliphatic rings. The molecule has 0 unspecified atom stereocenters. The van der Waals surface area contributed by atoms with Crippen molar-refractivity contribution in [2.45, 2.75) is 0 Å². The maximum Gasteiger partial charge on any atom is 0.323 e. The van der Waals surface area contributed by atoms with Crippen molar-refractivity contribution < 1.29 is 39.6 Å². The summed E-state index contributed by atoms with van der Waals surface area (Å²) in [4.78, 5) is 44.7. The van der Waals surface area contributed by atoms with E-state index in [1.54, 1.807) is 60.7 Å². The molecule has 0 fully saturated rings. The zero-order valence-electron chi connectivity index (χ0n) is 15.9. The number of benzene rings is 2. The molecule has 30 heavy (non-hydrogen) atoms. The first kappa shape index (κ1) is 24.0. The zero-order chi connectivity index (χ0) is 22.5. The van der Waals surface area contributed by atoms with Crippen molar-refractivity contribution in [3.63, 3.8) is 0 Å². The molecule has 160 valence electrons. The lowest BCUT2D eigenvalue weighted by Gasteiger charge is -2.20. The van der Waals surface area contributed by atoms with Crippen LogP contribution in [0.25, 0.3) is 0 Å². The minimum absolute atomic E-state index is 0.323. The molecule has 2 aromatic rings. The summed E-state index contributed by atoms with van der Waals surface area (Å²) in [5.74, 6) is -4.22. The lowest BCUT2D eigenvalue weighted by Crippen LogP contribution is -2.34. The summed E-state index contributed by atoms with van der Waals surface area (Å²) in [5, 5.41) is 34.5. The van der Waals surface area contributed by atoms with Gasteiger partial charge in [-0.1, -0.05) is 36.4 Å². The first-order valence-corrected chi connectivity index (χ1v) is 8.66. The first-order valence-electron chi connectivity index (χ1n) is 8.66. The Morgan fingerprint density at radius 2 is 0.733 bits per heavy atom. The topological polar surface area (TPSA) is 156 Å². The van der Waals surface area contributed by atoms with Crippen molar-refractivity contribution in [3.8, 4) is 0 Å². The largest absolute Gasteiger partial charge is 0.480 e. The third-order valence-electron chi connectivity index (χ3n) is 3.55. The van der Waals surface area contributed by atoms with Gasteiger partial charge in [-0.3, -0.25) is 19.2 Å². The van der Waals surface area contributed by atoms with Crippen molar-refractivity contribution in [2.75, 3.05) is 36.0 Å². The number of carboxylic acid groups (broad SMARTS) is 4. The van der Waals surface area contributed by atoms with Gasteiger partial charge in [-0.25, -0.2) is 0 Å². The summed E-state index contributed by atoms with van der Waals surface area (Å²) < 4.78 is 0. The number of aliphatic carboxylic acids is 4. The normalized spacial score (nSPS) is 9.60. The van der Waals surface area contributed by atoms with E-state index in [-0.39, 0.29) is 26.2 Å². The van der Waals surface area contributed by atoms with E-state index in [1.807, 2.05) is 0 Å². The standard InChI is InChI=1S/2C10H11NO4/c2*12-9(13)6-11(7-10(14)15)8-4-2-1-3-5-8/h2*1-5H,6-7H2,(H,12,13)(H,14,15). The van der Waals surface area contributed by atoms with Gasteiger partial charge in [0.15, 0.2) is 0 Å². The van der Waals surface area contributed by atoms with E-state index < -0.39 is 23.9 Å². The molecule has 0 spiro atoms. The molecule has 10 heteroatoms. The average molecular weight is 418 g/mol. The molecule has 0 amide bonds. The van der Waals surface area contributed by atoms with E-state index in [4.69, 9.17) is 20.4 Å². The fraction of sp³-hybridized carbons (Fsp3) is 0.200. The van der Waals surface area contributed by atoms with Gasteiger partial charge in [-0.05, 0) is 24.3 Å². The third-order valence-corrected chi connectivity index (χ3v) is 3.55. The van der Waals surface area contributed by atoms with Gasteiger partial charge in [-0.2, -0.15) is 0 Å². The Balaban J connectivity index is 0.000000300. The van der Waals surface area contributed by atoms with Crippen molar-refractivity contribution in [3.05, 3.63) is 60.7 Å². The van der Waals surface area contributed by atoms with Crippen LogP contribution in [-0.2, 0) is 19.2 Å². The van der Waals surface area contributed by atoms with Gasteiger partial charge in [0.25, 0.3) is 0 Å². The highest BCUT2D eigenvalue weighted by Gasteiger charge is 2.14. The van der Waals surface area contributed by atoms with E-state index in [2.05, 4.69) is 0 Å². The molecule has 0 aliphatic carbocycles. The van der Waals surface area contributed by atoms with Crippen LogP contribution in [0.3, 0.4) is 0 Å². The van der Waals surface area contributed by atoms with Crippen molar-refractivity contribution in [2.24, 2.45) is 0 Å². The molecule has 0 bridgehead atoms. The Kier molecular flexibility index (Phi) is 9.90. The van der Waals surface area contributed by atoms with Crippen LogP contribution in [0.4, 0.5) is 11.4 Å². The summed E-state index contributed by atoms with van der Waals surface area (Å²) in [6.07, 6.45) is 0. The lowest BCUT2D eigenvalue weighted by molar-refractivity contribution is -0.138. The molecule has 0 atom stereocenters. The minimum atomic E-state index is -1.06. The first-order chi connectivity index (χ1) is 14.2. The van der Waals surface area contributed by atoms with Gasteiger partial charge >= 0.3 is 23.9 Å². The van der Waals surface area contributed by atoms with Gasteiger partial charge in [0, 0.05) is 11.4 Å². The smallest absolute Gasteiger partial charge is 0.323 e. The number of nitrogens with zero attached hydrogens (tertiary/aromatic N) is 2. The third kappa shape index (κ3) is 9.74. The van der Waals surface area contributed by atoms with Crippen molar-refractivity contribution in [1.82, 2.24) is 0 Å². The molecule has 10 nitrogen and oxygen atoms in total. The number of para-hydroxylation sites is 2. The summed E-state index contributed by atoms with van der Waals surface area (Å²) in [6.45, 7) is -1.29. The Labute approximate surface area is 172 Å². The molecule has 4 N–H and O–H groups in total. The van der Waals surface area contributed by atoms with Crippen LogP contribution < -0.4 is 9.80 Å². The summed E-state index contributed by atoms with van der Waals surface area (Å²) in [5.41, 5.74) is 1.17. The predicted octanol–water partition coefficient (Wildman–Crippen LogP) is 1.32. The monoisotopic (exact) mass is 418 g/mol. The molecule has 0 aromatic heterocycles. The van der Waals surface area contributed by atoms with Crippen LogP contribution in [0, 0.1) is 0 Å². The van der Waals surface area contributed by atoms with E-state index in [0.717, 1.165) is 0 Å². The van der Waals surface area contributed by atoms with Crippen LogP contribution in [0.15, 0.2) is 60.7 Å². The van der Waals surface area contributed by atoms with Crippen LogP contribution >= 0.6 is 0 Å². The molecular weight excluding hydrogens is 396 g/mol. The summed E-state index contributed by atoms with van der Waals surface area (Å²) >= 11 is 0. The van der Waals surface area contributed by atoms with Crippen LogP contribution in [-0.4, -0.2) is 70.5 Å². The maximum absolute atomic E-state index is 10.5. The molecule has 0 radical (unpaired) electrons. The Bertz CT molecular complexity index is 739. The number of carboxylic acids is 4. The SMILES string of the molecule is O=C(O)CN(CC(=O)O)c1ccccc1.O=C(O)CN(CC(=O)O)c1ccccc1. The highest BCUT2D eigenvalue weighted by Crippen LogP contribution is 2.13. The fourth-order valence-corrected chi connectivity index (χ4v) is 2.41. The van der Waals surface area contributed by atoms with Gasteiger partial charge in [0.2, 0.25) is 0 Å². The number of hydrogen-bond acceptors (Lipinski definition) is 6. The summed E-state index contributed by atoms with van der Waals surface area (Å²) in [6, 6.07) is 17.2. The minimum Gasteiger partial charge on any atom is -0.480 e. The zero-order valence-corrected chi connectivity index (χ0v) is 15.9. The van der Waals surface area contributed by atoms with E-state index in [1.165, 1.54) is 9.80 Å². The maximum atomic E-state index is 10.5. The van der Waals surface area contributed by atoms with Gasteiger partial charge in [0.05, 0.1) is 0 Å². The van der Waals surface area contributed by atoms with Crippen molar-refractivity contribution >= 4 is 35.3 Å². The molecule has 0 heterocycles. The lowest BCUT2D eigenvalue weighted by atomic mass is 10.3. The van der Waals surface area contributed by atoms with Gasteiger partial charge < -0.3 is 30.2 Å². The molecular formula is C20H22N2O8. The number of carbonyl (C=O) groups is 4. The van der Waals surface area contributed by atoms with Crippen molar-refractivity contribution in [1.29, 1.82) is 0 Å². The second kappa shape index (κ2) is 12.4. The predicted molar refractivity (Wildman–Crippen MR) is 108 cm³/mol. The van der Waals surface area contributed by atoms with Gasteiger partial charge in [-0.15, -0.1) is 0 Å². The van der Waals surface area contributed by atoms with E-state index in [0.29, 0.717) is 11.4 Å². The van der Waals surface area contributed by atoms with Crippen LogP contribution in [0.2, 0.25) is 0 Å². The van der Waals surface area contributed by atoms with Crippen LogP contribution in [0.5, 0.6) is 0 Å². The second-order valence-corrected chi connectivity index (χ2v) is 5.96. The fourth-order valence-electron chi connectivity index (χ4n) is 2.41. The van der Waals surface area contributed by atoms with E-state index in [9.17, 15) is 19.2 Å². The molecule has 2 aromatic carbocycles.